The number of piperidine rings is 1. The van der Waals surface area contributed by atoms with Crippen LogP contribution in [0, 0.1) is 12.3 Å². The second-order valence-corrected chi connectivity index (χ2v) is 5.37. The number of aryl methyl sites for hydroxylation is 1. The van der Waals surface area contributed by atoms with E-state index in [1.807, 2.05) is 19.3 Å². The van der Waals surface area contributed by atoms with E-state index < -0.39 is 0 Å². The van der Waals surface area contributed by atoms with Gasteiger partial charge in [-0.05, 0) is 24.3 Å². The minimum absolute atomic E-state index is 0.131. The van der Waals surface area contributed by atoms with Gasteiger partial charge in [-0.2, -0.15) is 0 Å². The molecule has 4 nitrogen and oxygen atoms in total. The molecule has 1 saturated heterocycles. The molecule has 1 unspecified atom stereocenters. The minimum Gasteiger partial charge on any atom is -0.340 e. The van der Waals surface area contributed by atoms with Crippen molar-refractivity contribution in [3.63, 3.8) is 0 Å². The molecule has 1 fully saturated rings. The van der Waals surface area contributed by atoms with Crippen molar-refractivity contribution in [1.29, 1.82) is 0 Å². The van der Waals surface area contributed by atoms with Gasteiger partial charge in [0, 0.05) is 31.5 Å². The van der Waals surface area contributed by atoms with Crippen LogP contribution in [0.25, 0.3) is 0 Å². The monoisotopic (exact) mass is 220 g/mol. The van der Waals surface area contributed by atoms with Crippen LogP contribution in [0.5, 0.6) is 0 Å². The number of hydrogen-bond donors (Lipinski definition) is 1. The van der Waals surface area contributed by atoms with E-state index in [0.717, 1.165) is 31.0 Å². The van der Waals surface area contributed by atoms with Crippen LogP contribution in [0.15, 0.2) is 12.4 Å². The van der Waals surface area contributed by atoms with Gasteiger partial charge in [0.2, 0.25) is 5.95 Å². The van der Waals surface area contributed by atoms with Crippen LogP contribution < -0.4 is 10.6 Å². The van der Waals surface area contributed by atoms with Crippen molar-refractivity contribution in [2.24, 2.45) is 11.1 Å². The largest absolute Gasteiger partial charge is 0.340 e. The van der Waals surface area contributed by atoms with Gasteiger partial charge in [-0.3, -0.25) is 0 Å². The summed E-state index contributed by atoms with van der Waals surface area (Å²) in [4.78, 5) is 11.0. The van der Waals surface area contributed by atoms with Crippen molar-refractivity contribution < 1.29 is 0 Å². The van der Waals surface area contributed by atoms with Crippen molar-refractivity contribution >= 4 is 5.95 Å². The molecule has 0 spiro atoms. The van der Waals surface area contributed by atoms with Gasteiger partial charge in [-0.15, -0.1) is 0 Å². The molecule has 0 bridgehead atoms. The lowest BCUT2D eigenvalue weighted by atomic mass is 9.80. The zero-order chi connectivity index (χ0) is 11.8. The highest BCUT2D eigenvalue weighted by molar-refractivity contribution is 5.31. The number of rotatable bonds is 1. The lowest BCUT2D eigenvalue weighted by molar-refractivity contribution is 0.243. The third kappa shape index (κ3) is 2.16. The van der Waals surface area contributed by atoms with Crippen LogP contribution in [0.1, 0.15) is 25.8 Å². The Morgan fingerprint density at radius 1 is 1.38 bits per heavy atom. The first kappa shape index (κ1) is 11.3. The summed E-state index contributed by atoms with van der Waals surface area (Å²) in [5.74, 6) is 0.825. The fourth-order valence-electron chi connectivity index (χ4n) is 2.09. The Bertz CT molecular complexity index is 358. The molecule has 1 atom stereocenters. The summed E-state index contributed by atoms with van der Waals surface area (Å²) in [5.41, 5.74) is 7.34. The van der Waals surface area contributed by atoms with Crippen LogP contribution in [0.2, 0.25) is 0 Å². The number of hydrogen-bond acceptors (Lipinski definition) is 4. The first-order chi connectivity index (χ1) is 7.49. The molecule has 1 aliphatic rings. The summed E-state index contributed by atoms with van der Waals surface area (Å²) < 4.78 is 0. The van der Waals surface area contributed by atoms with Gasteiger partial charge in [0.15, 0.2) is 0 Å². The highest BCUT2D eigenvalue weighted by atomic mass is 15.3. The summed E-state index contributed by atoms with van der Waals surface area (Å²) in [5, 5.41) is 0. The molecule has 2 N–H and O–H groups in total. The normalized spacial score (nSPS) is 24.5. The first-order valence-electron chi connectivity index (χ1n) is 5.78. The van der Waals surface area contributed by atoms with Crippen molar-refractivity contribution in [2.45, 2.75) is 33.2 Å². The number of nitrogens with zero attached hydrogens (tertiary/aromatic N) is 3. The van der Waals surface area contributed by atoms with Gasteiger partial charge in [-0.25, -0.2) is 9.97 Å². The predicted molar refractivity (Wildman–Crippen MR) is 65.4 cm³/mol. The molecule has 2 rings (SSSR count). The Kier molecular flexibility index (Phi) is 2.84. The zero-order valence-electron chi connectivity index (χ0n) is 10.3. The SMILES string of the molecule is Cc1cnc(N2CCC(N)C(C)(C)C2)nc1. The maximum Gasteiger partial charge on any atom is 0.225 e. The van der Waals surface area contributed by atoms with Crippen LogP contribution in [0.3, 0.4) is 0 Å². The van der Waals surface area contributed by atoms with Crippen molar-refractivity contribution in [2.75, 3.05) is 18.0 Å². The molecule has 16 heavy (non-hydrogen) atoms. The van der Waals surface area contributed by atoms with Crippen molar-refractivity contribution in [1.82, 2.24) is 9.97 Å². The highest BCUT2D eigenvalue weighted by Gasteiger charge is 2.34. The van der Waals surface area contributed by atoms with Gasteiger partial charge in [-0.1, -0.05) is 13.8 Å². The molecule has 0 saturated carbocycles. The summed E-state index contributed by atoms with van der Waals surface area (Å²) in [6.45, 7) is 8.29. The molecule has 4 heteroatoms. The molecule has 1 aromatic heterocycles. The number of nitrogens with two attached hydrogens (primary N) is 1. The van der Waals surface area contributed by atoms with Crippen LogP contribution in [0.4, 0.5) is 5.95 Å². The molecular weight excluding hydrogens is 200 g/mol. The van der Waals surface area contributed by atoms with E-state index in [0.29, 0.717) is 0 Å². The van der Waals surface area contributed by atoms with E-state index in [9.17, 15) is 0 Å². The Balaban J connectivity index is 2.14. The second-order valence-electron chi connectivity index (χ2n) is 5.37. The Labute approximate surface area is 96.9 Å². The molecule has 1 aliphatic heterocycles. The molecular formula is C12H20N4. The minimum atomic E-state index is 0.131. The lowest BCUT2D eigenvalue weighted by Crippen LogP contribution is -2.52. The topological polar surface area (TPSA) is 55.0 Å². The highest BCUT2D eigenvalue weighted by Crippen LogP contribution is 2.29. The first-order valence-corrected chi connectivity index (χ1v) is 5.78. The number of aromatic nitrogens is 2. The molecule has 0 aliphatic carbocycles. The molecule has 0 aromatic carbocycles. The molecule has 0 radical (unpaired) electrons. The van der Waals surface area contributed by atoms with E-state index in [2.05, 4.69) is 28.7 Å². The van der Waals surface area contributed by atoms with Gasteiger partial charge in [0.05, 0.1) is 0 Å². The maximum absolute atomic E-state index is 6.11. The molecule has 88 valence electrons. The van der Waals surface area contributed by atoms with E-state index in [4.69, 9.17) is 5.73 Å². The summed E-state index contributed by atoms with van der Waals surface area (Å²) in [7, 11) is 0. The summed E-state index contributed by atoms with van der Waals surface area (Å²) in [6.07, 6.45) is 4.73. The van der Waals surface area contributed by atoms with Gasteiger partial charge >= 0.3 is 0 Å². The van der Waals surface area contributed by atoms with Crippen LogP contribution >= 0.6 is 0 Å². The fraction of sp³-hybridized carbons (Fsp3) is 0.667. The Morgan fingerprint density at radius 2 is 2.00 bits per heavy atom. The van der Waals surface area contributed by atoms with Gasteiger partial charge in [0.1, 0.15) is 0 Å². The average Bonchev–Trinajstić information content (AvgIpc) is 2.23. The maximum atomic E-state index is 6.11. The third-order valence-electron chi connectivity index (χ3n) is 3.36. The van der Waals surface area contributed by atoms with E-state index in [1.165, 1.54) is 0 Å². The van der Waals surface area contributed by atoms with E-state index in [1.54, 1.807) is 0 Å². The number of anilines is 1. The lowest BCUT2D eigenvalue weighted by Gasteiger charge is -2.42. The predicted octanol–water partition coefficient (Wildman–Crippen LogP) is 1.35. The second kappa shape index (κ2) is 4.01. The molecule has 1 aromatic rings. The molecule has 2 heterocycles. The van der Waals surface area contributed by atoms with Crippen molar-refractivity contribution in [3.8, 4) is 0 Å². The quantitative estimate of drug-likeness (QED) is 0.776. The fourth-order valence-corrected chi connectivity index (χ4v) is 2.09. The smallest absolute Gasteiger partial charge is 0.225 e. The Morgan fingerprint density at radius 3 is 2.56 bits per heavy atom. The van der Waals surface area contributed by atoms with Gasteiger partial charge in [0.25, 0.3) is 0 Å². The Hall–Kier alpha value is -1.16. The average molecular weight is 220 g/mol. The summed E-state index contributed by atoms with van der Waals surface area (Å²) in [6, 6.07) is 0.272. The molecule has 0 amide bonds. The van der Waals surface area contributed by atoms with E-state index in [-0.39, 0.29) is 11.5 Å². The van der Waals surface area contributed by atoms with Crippen molar-refractivity contribution in [3.05, 3.63) is 18.0 Å². The van der Waals surface area contributed by atoms with Crippen LogP contribution in [-0.4, -0.2) is 29.1 Å². The van der Waals surface area contributed by atoms with E-state index >= 15 is 0 Å². The van der Waals surface area contributed by atoms with Gasteiger partial charge < -0.3 is 10.6 Å². The third-order valence-corrected chi connectivity index (χ3v) is 3.36. The standard InChI is InChI=1S/C12H20N4/c1-9-6-14-11(15-7-9)16-5-4-10(13)12(2,3)8-16/h6-7,10H,4-5,8,13H2,1-3H3. The van der Waals surface area contributed by atoms with Crippen LogP contribution in [-0.2, 0) is 0 Å². The zero-order valence-corrected chi connectivity index (χ0v) is 10.3. The summed E-state index contributed by atoms with van der Waals surface area (Å²) >= 11 is 0.